The highest BCUT2D eigenvalue weighted by molar-refractivity contribution is 5.55. The molecule has 1 nitrogen and oxygen atoms in total. The molecule has 2 unspecified atom stereocenters. The van der Waals surface area contributed by atoms with Crippen LogP contribution < -0.4 is 5.32 Å². The van der Waals surface area contributed by atoms with Gasteiger partial charge in [-0.05, 0) is 28.7 Å². The van der Waals surface area contributed by atoms with Crippen LogP contribution in [0.5, 0.6) is 0 Å². The normalized spacial score (nSPS) is 27.7. The monoisotopic (exact) mass is 239 g/mol. The van der Waals surface area contributed by atoms with E-state index in [1.807, 2.05) is 24.3 Å². The predicted molar refractivity (Wildman–Crippen MR) is 69.2 cm³/mol. The summed E-state index contributed by atoms with van der Waals surface area (Å²) in [4.78, 5) is 0. The Morgan fingerprint density at radius 2 is 1.78 bits per heavy atom. The summed E-state index contributed by atoms with van der Waals surface area (Å²) in [6, 6.07) is 16.7. The maximum Gasteiger partial charge on any atom is 0.116 e. The van der Waals surface area contributed by atoms with E-state index in [1.165, 1.54) is 11.1 Å². The van der Waals surface area contributed by atoms with Crippen molar-refractivity contribution in [1.82, 2.24) is 5.32 Å². The maximum absolute atomic E-state index is 13.9. The van der Waals surface area contributed by atoms with Gasteiger partial charge in [0.05, 0.1) is 5.54 Å². The molecule has 2 aromatic carbocycles. The molecule has 0 fully saturated rings. The van der Waals surface area contributed by atoms with E-state index in [0.717, 1.165) is 17.5 Å². The van der Waals surface area contributed by atoms with Gasteiger partial charge in [-0.15, -0.1) is 0 Å². The Bertz CT molecular complexity index is 609. The van der Waals surface area contributed by atoms with E-state index in [1.54, 1.807) is 0 Å². The molecular weight excluding hydrogens is 225 g/mol. The first-order valence-electron chi connectivity index (χ1n) is 6.36. The van der Waals surface area contributed by atoms with Gasteiger partial charge in [0.25, 0.3) is 0 Å². The highest BCUT2D eigenvalue weighted by Gasteiger charge is 2.48. The molecule has 0 saturated carbocycles. The SMILES string of the molecule is FCC12NC(Cc3ccccc31)c1ccccc12. The van der Waals surface area contributed by atoms with Gasteiger partial charge in [0.2, 0.25) is 0 Å². The van der Waals surface area contributed by atoms with E-state index in [2.05, 4.69) is 29.6 Å². The third kappa shape index (κ3) is 1.09. The highest BCUT2D eigenvalue weighted by Crippen LogP contribution is 2.48. The summed E-state index contributed by atoms with van der Waals surface area (Å²) in [6.07, 6.45) is 0.953. The van der Waals surface area contributed by atoms with Crippen LogP contribution in [0, 0.1) is 0 Å². The summed E-state index contributed by atoms with van der Waals surface area (Å²) in [5.41, 5.74) is 4.13. The average Bonchev–Trinajstić information content (AvgIpc) is 2.71. The summed E-state index contributed by atoms with van der Waals surface area (Å²) in [5, 5.41) is 3.50. The number of fused-ring (bicyclic) bond motifs is 7. The molecule has 2 heteroatoms. The molecule has 4 rings (SSSR count). The second kappa shape index (κ2) is 3.42. The van der Waals surface area contributed by atoms with Crippen LogP contribution in [0.4, 0.5) is 4.39 Å². The van der Waals surface area contributed by atoms with Crippen LogP contribution in [0.1, 0.15) is 28.3 Å². The number of hydrogen-bond donors (Lipinski definition) is 1. The zero-order chi connectivity index (χ0) is 12.2. The van der Waals surface area contributed by atoms with E-state index in [0.29, 0.717) is 0 Å². The zero-order valence-corrected chi connectivity index (χ0v) is 9.99. The van der Waals surface area contributed by atoms with Crippen molar-refractivity contribution in [2.45, 2.75) is 18.0 Å². The number of rotatable bonds is 1. The van der Waals surface area contributed by atoms with Gasteiger partial charge in [0.1, 0.15) is 6.67 Å². The molecule has 1 N–H and O–H groups in total. The molecule has 18 heavy (non-hydrogen) atoms. The van der Waals surface area contributed by atoms with Crippen LogP contribution in [-0.2, 0) is 12.0 Å². The van der Waals surface area contributed by atoms with Crippen molar-refractivity contribution in [1.29, 1.82) is 0 Å². The quantitative estimate of drug-likeness (QED) is 0.806. The lowest BCUT2D eigenvalue weighted by Crippen LogP contribution is -2.45. The summed E-state index contributed by atoms with van der Waals surface area (Å²) in [5.74, 6) is 0. The van der Waals surface area contributed by atoms with Crippen molar-refractivity contribution >= 4 is 0 Å². The van der Waals surface area contributed by atoms with Gasteiger partial charge in [-0.3, -0.25) is 5.32 Å². The second-order valence-electron chi connectivity index (χ2n) is 5.18. The molecule has 90 valence electrons. The van der Waals surface area contributed by atoms with Crippen molar-refractivity contribution in [2.24, 2.45) is 0 Å². The first kappa shape index (κ1) is 10.3. The summed E-state index contributed by atoms with van der Waals surface area (Å²) in [6.45, 7) is -0.391. The lowest BCUT2D eigenvalue weighted by atomic mass is 9.82. The van der Waals surface area contributed by atoms with Crippen LogP contribution in [0.3, 0.4) is 0 Å². The van der Waals surface area contributed by atoms with Crippen LogP contribution >= 0.6 is 0 Å². The van der Waals surface area contributed by atoms with Crippen LogP contribution in [0.15, 0.2) is 48.5 Å². The van der Waals surface area contributed by atoms with Crippen molar-refractivity contribution < 1.29 is 4.39 Å². The Morgan fingerprint density at radius 1 is 1.06 bits per heavy atom. The van der Waals surface area contributed by atoms with Crippen LogP contribution in [0.2, 0.25) is 0 Å². The van der Waals surface area contributed by atoms with Gasteiger partial charge in [0, 0.05) is 6.04 Å². The molecule has 2 aliphatic rings. The third-order valence-corrected chi connectivity index (χ3v) is 4.32. The van der Waals surface area contributed by atoms with Crippen molar-refractivity contribution in [3.05, 3.63) is 70.8 Å². The second-order valence-corrected chi connectivity index (χ2v) is 5.18. The first-order valence-corrected chi connectivity index (χ1v) is 6.36. The van der Waals surface area contributed by atoms with Crippen molar-refractivity contribution in [3.8, 4) is 0 Å². The van der Waals surface area contributed by atoms with E-state index in [4.69, 9.17) is 0 Å². The van der Waals surface area contributed by atoms with Crippen molar-refractivity contribution in [2.75, 3.05) is 6.67 Å². The molecular formula is C16H14FN. The minimum Gasteiger partial charge on any atom is -0.294 e. The Labute approximate surface area is 106 Å². The Balaban J connectivity index is 2.05. The highest BCUT2D eigenvalue weighted by atomic mass is 19.1. The molecule has 0 radical (unpaired) electrons. The molecule has 0 aromatic heterocycles. The average molecular weight is 239 g/mol. The minimum atomic E-state index is -0.615. The molecule has 2 aliphatic heterocycles. The van der Waals surface area contributed by atoms with Gasteiger partial charge in [-0.1, -0.05) is 48.5 Å². The van der Waals surface area contributed by atoms with Gasteiger partial charge < -0.3 is 0 Å². The van der Waals surface area contributed by atoms with Crippen molar-refractivity contribution in [3.63, 3.8) is 0 Å². The largest absolute Gasteiger partial charge is 0.294 e. The number of alkyl halides is 1. The summed E-state index contributed by atoms with van der Waals surface area (Å²) in [7, 11) is 0. The van der Waals surface area contributed by atoms with E-state index in [9.17, 15) is 4.39 Å². The number of hydrogen-bond acceptors (Lipinski definition) is 1. The number of benzene rings is 2. The lowest BCUT2D eigenvalue weighted by molar-refractivity contribution is 0.276. The fourth-order valence-electron chi connectivity index (χ4n) is 3.54. The van der Waals surface area contributed by atoms with Gasteiger partial charge in [0.15, 0.2) is 0 Å². The molecule has 2 aromatic rings. The van der Waals surface area contributed by atoms with E-state index >= 15 is 0 Å². The fraction of sp³-hybridized carbons (Fsp3) is 0.250. The molecule has 0 amide bonds. The molecule has 2 bridgehead atoms. The summed E-state index contributed by atoms with van der Waals surface area (Å²) >= 11 is 0. The smallest absolute Gasteiger partial charge is 0.116 e. The standard InChI is InChI=1S/C16H14FN/c17-10-16-13-7-3-1-5-11(13)9-15(18-16)12-6-2-4-8-14(12)16/h1-8,15,18H,9-10H2. The minimum absolute atomic E-state index is 0.256. The topological polar surface area (TPSA) is 12.0 Å². The third-order valence-electron chi connectivity index (χ3n) is 4.32. The summed E-state index contributed by atoms with van der Waals surface area (Å²) < 4.78 is 13.9. The Hall–Kier alpha value is -1.67. The molecule has 2 atom stereocenters. The lowest BCUT2D eigenvalue weighted by Gasteiger charge is -2.35. The maximum atomic E-state index is 13.9. The molecule has 0 aliphatic carbocycles. The van der Waals surface area contributed by atoms with Crippen LogP contribution in [-0.4, -0.2) is 6.67 Å². The first-order chi connectivity index (χ1) is 8.85. The molecule has 0 saturated heterocycles. The Morgan fingerprint density at radius 3 is 2.61 bits per heavy atom. The predicted octanol–water partition coefficient (Wildman–Crippen LogP) is 3.10. The fourth-order valence-corrected chi connectivity index (χ4v) is 3.54. The molecule has 2 heterocycles. The van der Waals surface area contributed by atoms with Gasteiger partial charge in [-0.25, -0.2) is 4.39 Å². The van der Waals surface area contributed by atoms with Gasteiger partial charge >= 0.3 is 0 Å². The van der Waals surface area contributed by atoms with Gasteiger partial charge in [-0.2, -0.15) is 0 Å². The number of nitrogens with one attached hydrogen (secondary N) is 1. The zero-order valence-electron chi connectivity index (χ0n) is 9.99. The number of halogens is 1. The Kier molecular flexibility index (Phi) is 1.95. The van der Waals surface area contributed by atoms with E-state index < -0.39 is 12.2 Å². The molecule has 0 spiro atoms. The van der Waals surface area contributed by atoms with E-state index in [-0.39, 0.29) is 6.04 Å². The van der Waals surface area contributed by atoms with Crippen LogP contribution in [0.25, 0.3) is 0 Å².